The molecule has 8 nitrogen and oxygen atoms in total. The molecular weight excluding hydrogens is 452 g/mol. The molecule has 0 spiro atoms. The molecule has 5 heterocycles. The fraction of sp³-hybridized carbons (Fsp3) is 0.286. The number of pyridine rings is 1. The number of allylic oxidation sites excluding steroid dienone is 1. The van der Waals surface area contributed by atoms with Crippen LogP contribution in [0.3, 0.4) is 0 Å². The Kier molecular flexibility index (Phi) is 5.44. The largest absolute Gasteiger partial charge is 0.439 e. The highest BCUT2D eigenvalue weighted by Gasteiger charge is 2.34. The van der Waals surface area contributed by atoms with Crippen molar-refractivity contribution in [3.05, 3.63) is 71.8 Å². The SMILES string of the molecule is C/C=C/C(=O)N1CCC(c2c3c4c(ncnc4n2C)NCc2cc(Oc4cccc(C)n4)ccc2-3)C1. The molecular formula is C28H28N6O2. The standard InChI is InChI=1S/C28H28N6O2/c1-4-6-23(35)34-12-11-18(15-34)26-24-21-10-9-20(36-22-8-5-7-17(2)32-22)13-19(21)14-29-27-25(24)28(33(26)3)31-16-30-27/h4-10,13,16,18H,11-12,14-15H2,1-3H3,(H,29,30,31)/b6-4+. The lowest BCUT2D eigenvalue weighted by atomic mass is 9.92. The maximum absolute atomic E-state index is 12.5. The third kappa shape index (κ3) is 3.69. The van der Waals surface area contributed by atoms with Crippen molar-refractivity contribution >= 4 is 22.8 Å². The summed E-state index contributed by atoms with van der Waals surface area (Å²) >= 11 is 0. The number of rotatable bonds is 4. The number of benzene rings is 1. The van der Waals surface area contributed by atoms with E-state index in [2.05, 4.69) is 44.0 Å². The van der Waals surface area contributed by atoms with E-state index in [1.54, 1.807) is 18.5 Å². The summed E-state index contributed by atoms with van der Waals surface area (Å²) in [6.45, 7) is 5.87. The molecule has 0 radical (unpaired) electrons. The average molecular weight is 481 g/mol. The summed E-state index contributed by atoms with van der Waals surface area (Å²) in [5.41, 5.74) is 6.40. The first-order valence-electron chi connectivity index (χ1n) is 12.3. The quantitative estimate of drug-likeness (QED) is 0.416. The highest BCUT2D eigenvalue weighted by molar-refractivity contribution is 6.05. The van der Waals surface area contributed by atoms with Gasteiger partial charge in [-0.25, -0.2) is 15.0 Å². The van der Waals surface area contributed by atoms with Crippen molar-refractivity contribution in [2.45, 2.75) is 32.7 Å². The van der Waals surface area contributed by atoms with Gasteiger partial charge in [0.1, 0.15) is 23.5 Å². The summed E-state index contributed by atoms with van der Waals surface area (Å²) < 4.78 is 8.27. The molecule has 0 aliphatic carbocycles. The molecule has 2 aliphatic rings. The lowest BCUT2D eigenvalue weighted by molar-refractivity contribution is -0.125. The number of aryl methyl sites for hydroxylation is 2. The van der Waals surface area contributed by atoms with Gasteiger partial charge in [-0.15, -0.1) is 0 Å². The van der Waals surface area contributed by atoms with Gasteiger partial charge in [0.05, 0.1) is 5.39 Å². The molecule has 36 heavy (non-hydrogen) atoms. The van der Waals surface area contributed by atoms with Crippen molar-refractivity contribution in [2.24, 2.45) is 7.05 Å². The number of nitrogens with zero attached hydrogens (tertiary/aromatic N) is 5. The van der Waals surface area contributed by atoms with Crippen LogP contribution >= 0.6 is 0 Å². The highest BCUT2D eigenvalue weighted by Crippen LogP contribution is 2.46. The second kappa shape index (κ2) is 8.78. The number of ether oxygens (including phenoxy) is 1. The molecule has 3 aromatic heterocycles. The van der Waals surface area contributed by atoms with E-state index in [0.717, 1.165) is 58.0 Å². The first-order chi connectivity index (χ1) is 17.5. The van der Waals surface area contributed by atoms with Gasteiger partial charge in [0.25, 0.3) is 0 Å². The minimum atomic E-state index is 0.0683. The van der Waals surface area contributed by atoms with Crippen LogP contribution in [-0.2, 0) is 18.4 Å². The van der Waals surface area contributed by atoms with Crippen molar-refractivity contribution in [2.75, 3.05) is 18.4 Å². The van der Waals surface area contributed by atoms with Gasteiger partial charge < -0.3 is 19.5 Å². The Morgan fingerprint density at radius 3 is 2.94 bits per heavy atom. The third-order valence-electron chi connectivity index (χ3n) is 7.09. The van der Waals surface area contributed by atoms with Gasteiger partial charge in [-0.05, 0) is 55.7 Å². The van der Waals surface area contributed by atoms with Crippen molar-refractivity contribution < 1.29 is 9.53 Å². The predicted molar refractivity (Wildman–Crippen MR) is 139 cm³/mol. The van der Waals surface area contributed by atoms with E-state index in [-0.39, 0.29) is 11.8 Å². The Balaban J connectivity index is 1.45. The van der Waals surface area contributed by atoms with Crippen LogP contribution in [0.5, 0.6) is 11.6 Å². The zero-order valence-corrected chi connectivity index (χ0v) is 20.7. The van der Waals surface area contributed by atoms with E-state index in [0.29, 0.717) is 19.0 Å². The Labute approximate surface area is 209 Å². The lowest BCUT2D eigenvalue weighted by Gasteiger charge is -2.18. The number of fused-ring (bicyclic) bond motifs is 2. The van der Waals surface area contributed by atoms with Crippen molar-refractivity contribution in [1.82, 2.24) is 24.4 Å². The summed E-state index contributed by atoms with van der Waals surface area (Å²) in [7, 11) is 2.07. The van der Waals surface area contributed by atoms with Crippen molar-refractivity contribution in [3.63, 3.8) is 0 Å². The zero-order valence-electron chi connectivity index (χ0n) is 20.7. The van der Waals surface area contributed by atoms with Crippen LogP contribution in [0.25, 0.3) is 22.2 Å². The molecule has 0 bridgehead atoms. The van der Waals surface area contributed by atoms with Crippen LogP contribution in [0.1, 0.15) is 36.2 Å². The number of anilines is 1. The topological polar surface area (TPSA) is 85.2 Å². The molecule has 182 valence electrons. The van der Waals surface area contributed by atoms with Crippen molar-refractivity contribution in [3.8, 4) is 22.8 Å². The van der Waals surface area contributed by atoms with Crippen LogP contribution < -0.4 is 10.1 Å². The van der Waals surface area contributed by atoms with Gasteiger partial charge in [0.2, 0.25) is 11.8 Å². The Morgan fingerprint density at radius 2 is 2.11 bits per heavy atom. The summed E-state index contributed by atoms with van der Waals surface area (Å²) in [4.78, 5) is 28.2. The lowest BCUT2D eigenvalue weighted by Crippen LogP contribution is -2.26. The van der Waals surface area contributed by atoms with Crippen LogP contribution in [0.2, 0.25) is 0 Å². The van der Waals surface area contributed by atoms with E-state index >= 15 is 0 Å². The van der Waals surface area contributed by atoms with Crippen LogP contribution in [-0.4, -0.2) is 43.4 Å². The number of aromatic nitrogens is 4. The Hall–Kier alpha value is -4.20. The van der Waals surface area contributed by atoms with E-state index in [4.69, 9.17) is 4.74 Å². The van der Waals surface area contributed by atoms with E-state index in [1.165, 1.54) is 5.69 Å². The van der Waals surface area contributed by atoms with Crippen molar-refractivity contribution in [1.29, 1.82) is 0 Å². The number of nitrogens with one attached hydrogen (secondary N) is 1. The average Bonchev–Trinajstić information content (AvgIpc) is 3.42. The smallest absolute Gasteiger partial charge is 0.246 e. The van der Waals surface area contributed by atoms with Gasteiger partial charge in [-0.3, -0.25) is 4.79 Å². The van der Waals surface area contributed by atoms with E-state index in [9.17, 15) is 4.79 Å². The summed E-state index contributed by atoms with van der Waals surface area (Å²) in [6.07, 6.45) is 5.97. The van der Waals surface area contributed by atoms with Crippen LogP contribution in [0.15, 0.2) is 54.9 Å². The monoisotopic (exact) mass is 480 g/mol. The van der Waals surface area contributed by atoms with Gasteiger partial charge in [-0.1, -0.05) is 18.2 Å². The summed E-state index contributed by atoms with van der Waals surface area (Å²) in [5, 5.41) is 4.54. The second-order valence-corrected chi connectivity index (χ2v) is 9.40. The van der Waals surface area contributed by atoms with Gasteiger partial charge in [-0.2, -0.15) is 0 Å². The molecule has 1 aromatic carbocycles. The molecule has 0 saturated carbocycles. The van der Waals surface area contributed by atoms with Crippen LogP contribution in [0.4, 0.5) is 5.82 Å². The molecule has 1 unspecified atom stereocenters. The minimum Gasteiger partial charge on any atom is -0.439 e. The Morgan fingerprint density at radius 1 is 1.22 bits per heavy atom. The molecule has 8 heteroatoms. The first kappa shape index (κ1) is 22.3. The summed E-state index contributed by atoms with van der Waals surface area (Å²) in [6, 6.07) is 11.9. The fourth-order valence-corrected chi connectivity index (χ4v) is 5.49. The predicted octanol–water partition coefficient (Wildman–Crippen LogP) is 4.95. The number of amides is 1. The molecule has 4 aromatic rings. The number of likely N-dealkylation sites (tertiary alicyclic amines) is 1. The number of hydrogen-bond acceptors (Lipinski definition) is 6. The fourth-order valence-electron chi connectivity index (χ4n) is 5.49. The van der Waals surface area contributed by atoms with Gasteiger partial charge in [0, 0.05) is 55.6 Å². The normalized spacial score (nSPS) is 16.8. The molecule has 1 atom stereocenters. The summed E-state index contributed by atoms with van der Waals surface area (Å²) in [5.74, 6) is 2.42. The molecule has 6 rings (SSSR count). The van der Waals surface area contributed by atoms with Gasteiger partial charge >= 0.3 is 0 Å². The Bertz CT molecular complexity index is 1520. The molecule has 1 fully saturated rings. The van der Waals surface area contributed by atoms with E-state index < -0.39 is 0 Å². The van der Waals surface area contributed by atoms with Gasteiger partial charge in [0.15, 0.2) is 0 Å². The molecule has 1 N–H and O–H groups in total. The molecule has 1 amide bonds. The zero-order chi connectivity index (χ0) is 24.8. The second-order valence-electron chi connectivity index (χ2n) is 9.40. The van der Waals surface area contributed by atoms with E-state index in [1.807, 2.05) is 43.0 Å². The molecule has 2 aliphatic heterocycles. The number of carbonyl (C=O) groups excluding carboxylic acids is 1. The van der Waals surface area contributed by atoms with Crippen LogP contribution in [0, 0.1) is 6.92 Å². The maximum Gasteiger partial charge on any atom is 0.246 e. The number of hydrogen-bond donors (Lipinski definition) is 1. The minimum absolute atomic E-state index is 0.0683. The highest BCUT2D eigenvalue weighted by atomic mass is 16.5. The number of carbonyl (C=O) groups is 1. The molecule has 1 saturated heterocycles. The first-order valence-corrected chi connectivity index (χ1v) is 12.3. The maximum atomic E-state index is 12.5. The third-order valence-corrected chi connectivity index (χ3v) is 7.09.